The molecule has 0 aromatic heterocycles. The molecule has 30 heavy (non-hydrogen) atoms. The van der Waals surface area contributed by atoms with Crippen LogP contribution in [0.5, 0.6) is 0 Å². The van der Waals surface area contributed by atoms with Gasteiger partial charge in [0.15, 0.2) is 11.9 Å². The Labute approximate surface area is 177 Å². The number of rotatable bonds is 4. The Morgan fingerprint density at radius 2 is 2.03 bits per heavy atom. The van der Waals surface area contributed by atoms with Crippen LogP contribution in [0, 0.1) is 11.3 Å². The van der Waals surface area contributed by atoms with Crippen LogP contribution in [-0.2, 0) is 14.6 Å². The van der Waals surface area contributed by atoms with Crippen molar-refractivity contribution in [3.63, 3.8) is 0 Å². The molecule has 8 heteroatoms. The van der Waals surface area contributed by atoms with Gasteiger partial charge in [0, 0.05) is 11.3 Å². The smallest absolute Gasteiger partial charge is 0.290 e. The highest BCUT2D eigenvalue weighted by molar-refractivity contribution is 7.91. The summed E-state index contributed by atoms with van der Waals surface area (Å²) in [5.41, 5.74) is 4.08. The van der Waals surface area contributed by atoms with E-state index in [4.69, 9.17) is 5.26 Å². The van der Waals surface area contributed by atoms with E-state index in [1.807, 2.05) is 18.2 Å². The van der Waals surface area contributed by atoms with Crippen LogP contribution in [0.25, 0.3) is 5.57 Å². The van der Waals surface area contributed by atoms with E-state index in [0.717, 1.165) is 36.1 Å². The van der Waals surface area contributed by atoms with E-state index in [1.165, 1.54) is 12.0 Å². The molecular weight excluding hydrogens is 400 g/mol. The number of hydrogen-bond donors (Lipinski definition) is 2. The Bertz CT molecular complexity index is 1040. The highest BCUT2D eigenvalue weighted by Gasteiger charge is 2.27. The summed E-state index contributed by atoms with van der Waals surface area (Å²) < 4.78 is 23.6. The summed E-state index contributed by atoms with van der Waals surface area (Å²) in [4.78, 5) is 16.8. The number of carbonyl (C=O) groups is 1. The van der Waals surface area contributed by atoms with Crippen molar-refractivity contribution in [2.45, 2.75) is 50.5 Å². The molecule has 1 fully saturated rings. The molecule has 1 atom stereocenters. The lowest BCUT2D eigenvalue weighted by atomic mass is 9.87. The van der Waals surface area contributed by atoms with Crippen LogP contribution in [0.4, 0.5) is 5.69 Å². The summed E-state index contributed by atoms with van der Waals surface area (Å²) in [5.74, 6) is 0.534. The van der Waals surface area contributed by atoms with Crippen molar-refractivity contribution in [2.24, 2.45) is 4.99 Å². The first-order valence-electron chi connectivity index (χ1n) is 10.5. The molecule has 1 saturated heterocycles. The van der Waals surface area contributed by atoms with Gasteiger partial charge in [-0.25, -0.2) is 13.4 Å². The molecule has 0 radical (unpaired) electrons. The molecule has 158 valence electrons. The van der Waals surface area contributed by atoms with E-state index >= 15 is 0 Å². The second-order valence-corrected chi connectivity index (χ2v) is 10.5. The van der Waals surface area contributed by atoms with E-state index in [1.54, 1.807) is 0 Å². The molecule has 2 N–H and O–H groups in total. The zero-order valence-electron chi connectivity index (χ0n) is 16.9. The predicted octanol–water partition coefficient (Wildman–Crippen LogP) is 2.77. The number of allylic oxidation sites excluding steroid dienone is 2. The van der Waals surface area contributed by atoms with Gasteiger partial charge in [0.2, 0.25) is 0 Å². The number of nitrogens with one attached hydrogen (secondary N) is 2. The fourth-order valence-corrected chi connectivity index (χ4v) is 5.82. The van der Waals surface area contributed by atoms with Gasteiger partial charge >= 0.3 is 0 Å². The number of nitriles is 1. The maximum Gasteiger partial charge on any atom is 0.290 e. The molecule has 1 amide bonds. The second-order valence-electron chi connectivity index (χ2n) is 8.16. The zero-order chi connectivity index (χ0) is 21.1. The summed E-state index contributed by atoms with van der Waals surface area (Å²) in [5, 5.41) is 14.8. The van der Waals surface area contributed by atoms with E-state index in [9.17, 15) is 13.2 Å². The lowest BCUT2D eigenvalue weighted by molar-refractivity contribution is -0.110. The molecule has 2 heterocycles. The van der Waals surface area contributed by atoms with Crippen molar-refractivity contribution >= 4 is 32.8 Å². The van der Waals surface area contributed by atoms with Gasteiger partial charge in [-0.1, -0.05) is 12.1 Å². The van der Waals surface area contributed by atoms with Crippen molar-refractivity contribution < 1.29 is 13.2 Å². The molecule has 4 rings (SSSR count). The number of sulfone groups is 1. The zero-order valence-corrected chi connectivity index (χ0v) is 17.7. The first kappa shape index (κ1) is 20.6. The number of aliphatic imine (C=N–C) groups is 1. The highest BCUT2D eigenvalue weighted by Crippen LogP contribution is 2.36. The maximum atomic E-state index is 12.7. The van der Waals surface area contributed by atoms with Crippen molar-refractivity contribution in [1.29, 1.82) is 5.26 Å². The normalized spacial score (nSPS) is 23.6. The summed E-state index contributed by atoms with van der Waals surface area (Å²) in [7, 11) is -2.91. The van der Waals surface area contributed by atoms with Gasteiger partial charge in [-0.3, -0.25) is 4.79 Å². The minimum absolute atomic E-state index is 0.187. The summed E-state index contributed by atoms with van der Waals surface area (Å²) in [6.45, 7) is 0.348. The quantitative estimate of drug-likeness (QED) is 0.769. The van der Waals surface area contributed by atoms with Gasteiger partial charge in [-0.05, 0) is 67.7 Å². The van der Waals surface area contributed by atoms with Crippen LogP contribution in [0.2, 0.25) is 0 Å². The number of nitrogens with zero attached hydrogens (tertiary/aromatic N) is 2. The van der Waals surface area contributed by atoms with Gasteiger partial charge < -0.3 is 10.6 Å². The van der Waals surface area contributed by atoms with E-state index < -0.39 is 15.9 Å². The van der Waals surface area contributed by atoms with Crippen LogP contribution in [0.15, 0.2) is 29.3 Å². The van der Waals surface area contributed by atoms with Crippen LogP contribution < -0.4 is 10.6 Å². The minimum Gasteiger partial charge on any atom is -0.362 e. The average molecular weight is 427 g/mol. The lowest BCUT2D eigenvalue weighted by Crippen LogP contribution is -2.32. The van der Waals surface area contributed by atoms with E-state index in [-0.39, 0.29) is 29.2 Å². The van der Waals surface area contributed by atoms with Crippen molar-refractivity contribution in [2.75, 3.05) is 23.4 Å². The highest BCUT2D eigenvalue weighted by atomic mass is 32.2. The SMILES string of the molecule is N#CC1CNC(C(=O)Nc2ccc(C3CCS(=O)(=O)CC3)cc2C2=CCCCC2)=N1. The molecule has 7 nitrogen and oxygen atoms in total. The second kappa shape index (κ2) is 8.60. The molecule has 1 aromatic carbocycles. The Hall–Kier alpha value is -2.66. The Balaban J connectivity index is 1.61. The predicted molar refractivity (Wildman–Crippen MR) is 117 cm³/mol. The van der Waals surface area contributed by atoms with Crippen LogP contribution in [0.1, 0.15) is 55.6 Å². The number of anilines is 1. The van der Waals surface area contributed by atoms with E-state index in [0.29, 0.717) is 19.4 Å². The molecular formula is C22H26N4O3S. The fraction of sp³-hybridized carbons (Fsp3) is 0.500. The van der Waals surface area contributed by atoms with Crippen LogP contribution in [0.3, 0.4) is 0 Å². The van der Waals surface area contributed by atoms with Gasteiger partial charge in [-0.15, -0.1) is 0 Å². The molecule has 1 aliphatic carbocycles. The third-order valence-electron chi connectivity index (χ3n) is 6.07. The molecule has 1 unspecified atom stereocenters. The molecule has 0 spiro atoms. The van der Waals surface area contributed by atoms with Gasteiger partial charge in [-0.2, -0.15) is 5.26 Å². The average Bonchev–Trinajstić information content (AvgIpc) is 3.24. The summed E-state index contributed by atoms with van der Waals surface area (Å²) in [6.07, 6.45) is 7.78. The minimum atomic E-state index is -2.91. The van der Waals surface area contributed by atoms with Gasteiger partial charge in [0.25, 0.3) is 5.91 Å². The molecule has 3 aliphatic rings. The molecule has 1 aromatic rings. The maximum absolute atomic E-state index is 12.7. The Morgan fingerprint density at radius 1 is 1.23 bits per heavy atom. The van der Waals surface area contributed by atoms with E-state index in [2.05, 4.69) is 27.8 Å². The number of carbonyl (C=O) groups excluding carboxylic acids is 1. The van der Waals surface area contributed by atoms with Crippen LogP contribution >= 0.6 is 0 Å². The topological polar surface area (TPSA) is 111 Å². The van der Waals surface area contributed by atoms with Gasteiger partial charge in [0.1, 0.15) is 9.84 Å². The number of benzene rings is 1. The molecule has 0 saturated carbocycles. The fourth-order valence-electron chi connectivity index (χ4n) is 4.33. The number of hydrogen-bond acceptors (Lipinski definition) is 6. The lowest BCUT2D eigenvalue weighted by Gasteiger charge is -2.24. The Kier molecular flexibility index (Phi) is 5.91. The standard InChI is InChI=1S/C22H26N4O3S/c23-13-18-14-24-21(25-18)22(27)26-20-7-6-17(15-8-10-30(28,29)11-9-15)12-19(20)16-4-2-1-3-5-16/h4,6-7,12,15,18H,1-3,5,8-11,14H2,(H,24,25)(H,26,27). The largest absolute Gasteiger partial charge is 0.362 e. The first-order valence-corrected chi connectivity index (χ1v) is 12.3. The van der Waals surface area contributed by atoms with Crippen molar-refractivity contribution in [1.82, 2.24) is 5.32 Å². The molecule has 2 aliphatic heterocycles. The Morgan fingerprint density at radius 3 is 2.70 bits per heavy atom. The summed E-state index contributed by atoms with van der Waals surface area (Å²) >= 11 is 0. The van der Waals surface area contributed by atoms with Gasteiger partial charge in [0.05, 0.1) is 24.1 Å². The molecule has 0 bridgehead atoms. The monoisotopic (exact) mass is 426 g/mol. The third kappa shape index (κ3) is 4.57. The van der Waals surface area contributed by atoms with Crippen molar-refractivity contribution in [3.05, 3.63) is 35.4 Å². The first-order chi connectivity index (χ1) is 14.4. The third-order valence-corrected chi connectivity index (χ3v) is 7.78. The summed E-state index contributed by atoms with van der Waals surface area (Å²) in [6, 6.07) is 7.54. The van der Waals surface area contributed by atoms with Crippen LogP contribution in [-0.4, -0.2) is 44.3 Å². The van der Waals surface area contributed by atoms with Crippen molar-refractivity contribution in [3.8, 4) is 6.07 Å². The number of amides is 1. The number of amidine groups is 1.